The minimum absolute atomic E-state index is 0.136. The van der Waals surface area contributed by atoms with E-state index in [1.807, 2.05) is 30.3 Å². The Balaban J connectivity index is 1.14. The van der Waals surface area contributed by atoms with Gasteiger partial charge >= 0.3 is 0 Å². The molecule has 2 aliphatic heterocycles. The number of ether oxygens (including phenoxy) is 2. The number of aryl methyl sites for hydroxylation is 4. The van der Waals surface area contributed by atoms with Gasteiger partial charge < -0.3 is 24.3 Å². The highest BCUT2D eigenvalue weighted by atomic mass is 16.5. The SMILES string of the molecule is CCCCCCCCOc1cccc(C)c1-c1c2nc(c(N(c3ccc(CCCCCC)cc3)c3ccc(CCCCCC)cc3)c3ccc([nH]3)c(-c3c(C)cccc3OCCCCCCCC)c3nc(c(C#Cc4ccc5c6c(cccc46)C(=O)CC5=O)c4ccc1[nH]4)C=C3)C=C2. The molecule has 3 aromatic heterocycles. The van der Waals surface area contributed by atoms with Crippen LogP contribution in [0.2, 0.25) is 0 Å². The van der Waals surface area contributed by atoms with E-state index in [9.17, 15) is 9.59 Å². The lowest BCUT2D eigenvalue weighted by molar-refractivity contribution is 0.0890. The molecule has 12 rings (SSSR count). The molecule has 9 heteroatoms. The topological polar surface area (TPSA) is 113 Å². The summed E-state index contributed by atoms with van der Waals surface area (Å²) in [4.78, 5) is 48.9. The third-order valence-corrected chi connectivity index (χ3v) is 19.7. The van der Waals surface area contributed by atoms with Gasteiger partial charge in [0.25, 0.3) is 0 Å². The smallest absolute Gasteiger partial charge is 0.171 e. The van der Waals surface area contributed by atoms with Gasteiger partial charge in [-0.3, -0.25) is 9.59 Å². The zero-order chi connectivity index (χ0) is 67.7. The Morgan fingerprint density at radius 2 is 0.867 bits per heavy atom. The number of hydrogen-bond acceptors (Lipinski definition) is 7. The first kappa shape index (κ1) is 68.4. The standard InChI is InChI=1S/C89H97N5O4/c1-7-11-15-19-21-25-58-97-82-36-27-30-61(5)84(82)87-74-52-50-72(90-74)69(48-42-65-43-49-71-81(96)60-80(95)70-35-29-34-68(65)86(70)71)73-51-53-75(91-73)88(85-62(6)31-28-37-83(85)98-59-26-22-20-16-12-8-2)77-55-57-79(93-77)89(78-56-54-76(87)92-78)94(66-44-38-63(39-45-66)32-23-17-13-9-3)67-46-40-64(41-47-67)33-24-18-14-10-4/h27-31,34-41,43-47,49-57,90,93H,7-26,32-33,58-60H2,1-6H3. The summed E-state index contributed by atoms with van der Waals surface area (Å²) < 4.78 is 13.9. The highest BCUT2D eigenvalue weighted by Crippen LogP contribution is 2.46. The van der Waals surface area contributed by atoms with Crippen molar-refractivity contribution < 1.29 is 19.1 Å². The molecule has 2 N–H and O–H groups in total. The molecule has 9 aromatic rings. The average molecular weight is 1300 g/mol. The lowest BCUT2D eigenvalue weighted by Crippen LogP contribution is -2.16. The molecule has 1 aliphatic carbocycles. The highest BCUT2D eigenvalue weighted by Gasteiger charge is 2.28. The summed E-state index contributed by atoms with van der Waals surface area (Å²) in [6, 6.07) is 49.3. The Morgan fingerprint density at radius 3 is 1.42 bits per heavy atom. The van der Waals surface area contributed by atoms with E-state index in [4.69, 9.17) is 19.4 Å². The van der Waals surface area contributed by atoms with E-state index in [0.717, 1.165) is 158 Å². The Morgan fingerprint density at radius 1 is 0.418 bits per heavy atom. The number of aromatic nitrogens is 4. The zero-order valence-corrected chi connectivity index (χ0v) is 58.7. The maximum absolute atomic E-state index is 13.4. The van der Waals surface area contributed by atoms with Gasteiger partial charge in [-0.1, -0.05) is 209 Å². The van der Waals surface area contributed by atoms with Crippen molar-refractivity contribution in [3.8, 4) is 45.6 Å². The minimum atomic E-state index is -0.172. The van der Waals surface area contributed by atoms with Crippen LogP contribution in [0, 0.1) is 25.7 Å². The van der Waals surface area contributed by atoms with E-state index in [1.165, 1.54) is 101 Å². The number of unbranched alkanes of at least 4 members (excludes halogenated alkanes) is 16. The third kappa shape index (κ3) is 15.7. The number of Topliss-reactive ketones (excluding diaryl/α,β-unsaturated/α-hetero) is 2. The zero-order valence-electron chi connectivity index (χ0n) is 58.7. The summed E-state index contributed by atoms with van der Waals surface area (Å²) in [6.07, 6.45) is 34.0. The lowest BCUT2D eigenvalue weighted by Gasteiger charge is -2.27. The van der Waals surface area contributed by atoms with E-state index < -0.39 is 0 Å². The Hall–Kier alpha value is -9.52. The number of anilines is 3. The van der Waals surface area contributed by atoms with Crippen molar-refractivity contribution in [2.75, 3.05) is 18.1 Å². The highest BCUT2D eigenvalue weighted by molar-refractivity contribution is 6.28. The van der Waals surface area contributed by atoms with Gasteiger partial charge in [0.1, 0.15) is 11.5 Å². The number of ketones is 2. The summed E-state index contributed by atoms with van der Waals surface area (Å²) in [6.45, 7) is 14.6. The molecule has 502 valence electrons. The molecular formula is C89H97N5O4. The Kier molecular flexibility index (Phi) is 23.1. The Labute approximate surface area is 581 Å². The van der Waals surface area contributed by atoms with Crippen LogP contribution in [0.1, 0.15) is 239 Å². The number of hydrogen-bond donors (Lipinski definition) is 2. The molecule has 3 aliphatic rings. The first-order valence-electron chi connectivity index (χ1n) is 36.9. The van der Waals surface area contributed by atoms with Gasteiger partial charge in [-0.2, -0.15) is 0 Å². The van der Waals surface area contributed by atoms with Crippen LogP contribution in [0.5, 0.6) is 11.5 Å². The van der Waals surface area contributed by atoms with E-state index in [2.05, 4.69) is 202 Å². The predicted octanol–water partition coefficient (Wildman–Crippen LogP) is 24.1. The van der Waals surface area contributed by atoms with Crippen molar-refractivity contribution in [1.29, 1.82) is 0 Å². The number of fused-ring (bicyclic) bond motifs is 8. The summed E-state index contributed by atoms with van der Waals surface area (Å²) in [7, 11) is 0. The van der Waals surface area contributed by atoms with Crippen LogP contribution in [0.25, 0.3) is 79.4 Å². The Bertz CT molecular complexity index is 4480. The van der Waals surface area contributed by atoms with Gasteiger partial charge in [0.15, 0.2) is 11.6 Å². The van der Waals surface area contributed by atoms with Gasteiger partial charge in [0.05, 0.1) is 64.7 Å². The quantitative estimate of drug-likeness (QED) is 0.0253. The molecule has 0 spiro atoms. The molecule has 6 aromatic carbocycles. The number of nitrogens with one attached hydrogen (secondary N) is 2. The summed E-state index contributed by atoms with van der Waals surface area (Å²) in [5, 5.41) is 1.42. The molecule has 0 unspecified atom stereocenters. The average Bonchev–Trinajstić information content (AvgIpc) is 1.35. The minimum Gasteiger partial charge on any atom is -0.493 e. The van der Waals surface area contributed by atoms with Crippen LogP contribution in [0.3, 0.4) is 0 Å². The molecular weight excluding hydrogens is 1200 g/mol. The van der Waals surface area contributed by atoms with Crippen molar-refractivity contribution in [1.82, 2.24) is 19.9 Å². The van der Waals surface area contributed by atoms with Crippen LogP contribution in [0.15, 0.2) is 140 Å². The second-order valence-corrected chi connectivity index (χ2v) is 27.1. The van der Waals surface area contributed by atoms with Crippen LogP contribution in [0.4, 0.5) is 17.1 Å². The molecule has 0 atom stereocenters. The fourth-order valence-electron chi connectivity index (χ4n) is 14.4. The van der Waals surface area contributed by atoms with Gasteiger partial charge in [0.2, 0.25) is 0 Å². The van der Waals surface area contributed by atoms with E-state index in [0.29, 0.717) is 46.5 Å². The third-order valence-electron chi connectivity index (χ3n) is 19.7. The molecule has 98 heavy (non-hydrogen) atoms. The molecule has 0 saturated carbocycles. The molecule has 9 nitrogen and oxygen atoms in total. The summed E-state index contributed by atoms with van der Waals surface area (Å²) >= 11 is 0. The molecule has 8 bridgehead atoms. The predicted molar refractivity (Wildman–Crippen MR) is 411 cm³/mol. The second-order valence-electron chi connectivity index (χ2n) is 27.1. The largest absolute Gasteiger partial charge is 0.493 e. The molecule has 0 saturated heterocycles. The number of H-pyrrole nitrogens is 2. The fraction of sp³-hybridized carbons (Fsp3) is 0.348. The number of aromatic amines is 2. The van der Waals surface area contributed by atoms with Gasteiger partial charge in [-0.15, -0.1) is 0 Å². The van der Waals surface area contributed by atoms with Crippen molar-refractivity contribution in [3.05, 3.63) is 207 Å². The van der Waals surface area contributed by atoms with Crippen LogP contribution < -0.4 is 14.4 Å². The normalized spacial score (nSPS) is 12.4. The maximum Gasteiger partial charge on any atom is 0.171 e. The molecule has 0 amide bonds. The van der Waals surface area contributed by atoms with Crippen LogP contribution >= 0.6 is 0 Å². The number of benzene rings is 6. The van der Waals surface area contributed by atoms with Crippen LogP contribution in [-0.2, 0) is 12.8 Å². The number of carbonyl (C=O) groups excluding carboxylic acids is 2. The van der Waals surface area contributed by atoms with Crippen molar-refractivity contribution in [3.63, 3.8) is 0 Å². The van der Waals surface area contributed by atoms with Crippen molar-refractivity contribution in [2.24, 2.45) is 0 Å². The fourth-order valence-corrected chi connectivity index (χ4v) is 14.4. The van der Waals surface area contributed by atoms with E-state index in [-0.39, 0.29) is 18.0 Å². The molecule has 5 heterocycles. The summed E-state index contributed by atoms with van der Waals surface area (Å²) in [5.74, 6) is 8.50. The van der Waals surface area contributed by atoms with E-state index in [1.54, 1.807) is 0 Å². The number of carbonyl (C=O) groups is 2. The van der Waals surface area contributed by atoms with E-state index >= 15 is 0 Å². The second kappa shape index (κ2) is 33.2. The first-order valence-corrected chi connectivity index (χ1v) is 36.9. The molecule has 0 radical (unpaired) electrons. The maximum atomic E-state index is 13.4. The molecule has 0 fully saturated rings. The first-order chi connectivity index (χ1) is 48.1. The van der Waals surface area contributed by atoms with Crippen molar-refractivity contribution >= 4 is 85.8 Å². The monoisotopic (exact) mass is 1300 g/mol. The number of nitrogens with zero attached hydrogens (tertiary/aromatic N) is 3. The van der Waals surface area contributed by atoms with Crippen molar-refractivity contribution in [2.45, 2.75) is 189 Å². The van der Waals surface area contributed by atoms with Crippen LogP contribution in [-0.4, -0.2) is 44.7 Å². The number of rotatable bonds is 31. The lowest BCUT2D eigenvalue weighted by atomic mass is 9.85. The van der Waals surface area contributed by atoms with Gasteiger partial charge in [-0.05, 0) is 177 Å². The summed E-state index contributed by atoms with van der Waals surface area (Å²) in [5.41, 5.74) is 20.2. The van der Waals surface area contributed by atoms with Gasteiger partial charge in [0, 0.05) is 66.7 Å². The van der Waals surface area contributed by atoms with Gasteiger partial charge in [-0.25, -0.2) is 9.97 Å².